The van der Waals surface area contributed by atoms with Gasteiger partial charge in [0, 0.05) is 30.6 Å². The predicted octanol–water partition coefficient (Wildman–Crippen LogP) is 2.47. The number of hydrogen-bond acceptors (Lipinski definition) is 5. The first-order valence-electron chi connectivity index (χ1n) is 9.52. The van der Waals surface area contributed by atoms with Crippen LogP contribution in [0, 0.1) is 13.8 Å². The lowest BCUT2D eigenvalue weighted by molar-refractivity contribution is -0.122. The highest BCUT2D eigenvalue weighted by Gasteiger charge is 2.24. The van der Waals surface area contributed by atoms with Crippen molar-refractivity contribution in [3.8, 4) is 0 Å². The van der Waals surface area contributed by atoms with Crippen LogP contribution in [0.4, 0.5) is 0 Å². The summed E-state index contributed by atoms with van der Waals surface area (Å²) in [5.74, 6) is -0.139. The Morgan fingerprint density at radius 2 is 2.07 bits per heavy atom. The van der Waals surface area contributed by atoms with Crippen molar-refractivity contribution in [1.82, 2.24) is 19.8 Å². The molecule has 0 saturated carbocycles. The molecule has 2 aromatic heterocycles. The maximum atomic E-state index is 12.7. The summed E-state index contributed by atoms with van der Waals surface area (Å²) in [6.07, 6.45) is 2.41. The zero-order valence-electron chi connectivity index (χ0n) is 16.1. The molecule has 1 aromatic carbocycles. The number of aryl methyl sites for hydroxylation is 2. The van der Waals surface area contributed by atoms with Crippen LogP contribution >= 0.6 is 11.3 Å². The summed E-state index contributed by atoms with van der Waals surface area (Å²) in [6.45, 7) is 6.60. The van der Waals surface area contributed by atoms with Gasteiger partial charge in [-0.3, -0.25) is 19.1 Å². The third kappa shape index (κ3) is 3.86. The highest BCUT2D eigenvalue weighted by atomic mass is 32.1. The summed E-state index contributed by atoms with van der Waals surface area (Å²) in [6, 6.07) is 10.5. The molecule has 28 heavy (non-hydrogen) atoms. The monoisotopic (exact) mass is 396 g/mol. The van der Waals surface area contributed by atoms with Gasteiger partial charge in [0.15, 0.2) is 0 Å². The summed E-state index contributed by atoms with van der Waals surface area (Å²) in [7, 11) is 0. The van der Waals surface area contributed by atoms with Crippen LogP contribution < -0.4 is 10.9 Å². The summed E-state index contributed by atoms with van der Waals surface area (Å²) in [5.41, 5.74) is 2.10. The Morgan fingerprint density at radius 1 is 1.29 bits per heavy atom. The van der Waals surface area contributed by atoms with E-state index in [1.165, 1.54) is 27.8 Å². The Balaban J connectivity index is 1.37. The van der Waals surface area contributed by atoms with Gasteiger partial charge in [-0.15, -0.1) is 11.3 Å². The number of thiophene rings is 1. The largest absolute Gasteiger partial charge is 0.350 e. The van der Waals surface area contributed by atoms with Crippen molar-refractivity contribution in [2.75, 3.05) is 13.1 Å². The molecule has 1 N–H and O–H groups in total. The molecule has 4 rings (SSSR count). The van der Waals surface area contributed by atoms with Gasteiger partial charge in [0.2, 0.25) is 5.91 Å². The zero-order chi connectivity index (χ0) is 19.7. The van der Waals surface area contributed by atoms with Crippen molar-refractivity contribution in [2.45, 2.75) is 39.4 Å². The Labute approximate surface area is 167 Å². The molecular weight excluding hydrogens is 372 g/mol. The van der Waals surface area contributed by atoms with E-state index < -0.39 is 0 Å². The molecular formula is C21H24N4O2S. The van der Waals surface area contributed by atoms with Crippen molar-refractivity contribution in [3.63, 3.8) is 0 Å². The van der Waals surface area contributed by atoms with Gasteiger partial charge in [-0.1, -0.05) is 30.3 Å². The van der Waals surface area contributed by atoms with Gasteiger partial charge >= 0.3 is 0 Å². The third-order valence-corrected chi connectivity index (χ3v) is 6.47. The number of likely N-dealkylation sites (tertiary alicyclic amines) is 1. The van der Waals surface area contributed by atoms with Crippen molar-refractivity contribution in [3.05, 3.63) is 63.0 Å². The van der Waals surface area contributed by atoms with E-state index in [9.17, 15) is 9.59 Å². The van der Waals surface area contributed by atoms with Crippen molar-refractivity contribution in [1.29, 1.82) is 0 Å². The van der Waals surface area contributed by atoms with E-state index in [4.69, 9.17) is 0 Å². The van der Waals surface area contributed by atoms with Crippen molar-refractivity contribution in [2.24, 2.45) is 0 Å². The van der Waals surface area contributed by atoms with Gasteiger partial charge in [0.1, 0.15) is 11.4 Å². The average Bonchev–Trinajstić information content (AvgIpc) is 3.23. The van der Waals surface area contributed by atoms with Gasteiger partial charge in [-0.05, 0) is 31.4 Å². The van der Waals surface area contributed by atoms with Crippen LogP contribution in [0.3, 0.4) is 0 Å². The first-order valence-corrected chi connectivity index (χ1v) is 10.3. The molecule has 1 atom stereocenters. The average molecular weight is 397 g/mol. The Bertz CT molecular complexity index is 1060. The molecule has 0 radical (unpaired) electrons. The van der Waals surface area contributed by atoms with E-state index in [-0.39, 0.29) is 24.1 Å². The van der Waals surface area contributed by atoms with Crippen LogP contribution in [0.2, 0.25) is 0 Å². The van der Waals surface area contributed by atoms with E-state index in [1.54, 1.807) is 0 Å². The van der Waals surface area contributed by atoms with E-state index in [0.717, 1.165) is 41.3 Å². The number of nitrogens with one attached hydrogen (secondary N) is 1. The first kappa shape index (κ1) is 18.8. The molecule has 0 spiro atoms. The Hall–Kier alpha value is -2.51. The highest BCUT2D eigenvalue weighted by Crippen LogP contribution is 2.25. The molecule has 1 amide bonds. The quantitative estimate of drug-likeness (QED) is 0.719. The minimum atomic E-state index is -0.140. The number of carbonyl (C=O) groups is 1. The lowest BCUT2D eigenvalue weighted by atomic mass is 10.2. The maximum absolute atomic E-state index is 12.7. The van der Waals surface area contributed by atoms with Gasteiger partial charge in [-0.25, -0.2) is 4.98 Å². The Kier molecular flexibility index (Phi) is 5.28. The van der Waals surface area contributed by atoms with Crippen molar-refractivity contribution < 1.29 is 4.79 Å². The van der Waals surface area contributed by atoms with Gasteiger partial charge in [-0.2, -0.15) is 0 Å². The minimum absolute atomic E-state index is 0.00525. The smallest absolute Gasteiger partial charge is 0.262 e. The van der Waals surface area contributed by atoms with E-state index >= 15 is 0 Å². The molecule has 1 saturated heterocycles. The van der Waals surface area contributed by atoms with Gasteiger partial charge in [0.25, 0.3) is 5.56 Å². The van der Waals surface area contributed by atoms with Crippen LogP contribution in [-0.4, -0.2) is 39.5 Å². The van der Waals surface area contributed by atoms with Gasteiger partial charge in [0.05, 0.1) is 11.7 Å². The molecule has 1 fully saturated rings. The summed E-state index contributed by atoms with van der Waals surface area (Å²) in [5, 5.41) is 3.70. The normalized spacial score (nSPS) is 17.3. The molecule has 7 heteroatoms. The molecule has 0 aliphatic carbocycles. The molecule has 146 valence electrons. The molecule has 3 aromatic rings. The number of hydrogen-bond donors (Lipinski definition) is 1. The van der Waals surface area contributed by atoms with E-state index in [2.05, 4.69) is 27.3 Å². The zero-order valence-corrected chi connectivity index (χ0v) is 17.0. The van der Waals surface area contributed by atoms with Crippen molar-refractivity contribution >= 4 is 27.5 Å². The lowest BCUT2D eigenvalue weighted by Gasteiger charge is -2.17. The van der Waals surface area contributed by atoms with E-state index in [1.807, 2.05) is 32.0 Å². The van der Waals surface area contributed by atoms with E-state index in [0.29, 0.717) is 5.39 Å². The van der Waals surface area contributed by atoms with Crippen LogP contribution in [0.25, 0.3) is 10.2 Å². The SMILES string of the molecule is Cc1sc2ncn(CC(=O)NC3CCN(Cc4ccccc4)C3)c(=O)c2c1C. The summed E-state index contributed by atoms with van der Waals surface area (Å²) in [4.78, 5) is 33.8. The summed E-state index contributed by atoms with van der Waals surface area (Å²) < 4.78 is 1.41. The number of carbonyl (C=O) groups excluding carboxylic acids is 1. The van der Waals surface area contributed by atoms with Crippen LogP contribution in [0.1, 0.15) is 22.4 Å². The third-order valence-electron chi connectivity index (χ3n) is 5.36. The molecule has 1 aliphatic rings. The lowest BCUT2D eigenvalue weighted by Crippen LogP contribution is -2.40. The van der Waals surface area contributed by atoms with Crippen LogP contribution in [-0.2, 0) is 17.9 Å². The number of fused-ring (bicyclic) bond motifs is 1. The number of nitrogens with zero attached hydrogens (tertiary/aromatic N) is 3. The standard InChI is InChI=1S/C21H24N4O2S/c1-14-15(2)28-20-19(14)21(27)25(13-22-20)12-18(26)23-17-8-9-24(11-17)10-16-6-4-3-5-7-16/h3-7,13,17H,8-12H2,1-2H3,(H,23,26). The number of benzene rings is 1. The second-order valence-corrected chi connectivity index (χ2v) is 8.62. The van der Waals surface area contributed by atoms with Crippen LogP contribution in [0.15, 0.2) is 41.5 Å². The van der Waals surface area contributed by atoms with Crippen LogP contribution in [0.5, 0.6) is 0 Å². The maximum Gasteiger partial charge on any atom is 0.262 e. The predicted molar refractivity (Wildman–Crippen MR) is 112 cm³/mol. The minimum Gasteiger partial charge on any atom is -0.350 e. The fourth-order valence-electron chi connectivity index (χ4n) is 3.75. The number of amides is 1. The molecule has 0 bridgehead atoms. The number of rotatable bonds is 5. The highest BCUT2D eigenvalue weighted by molar-refractivity contribution is 7.18. The molecule has 3 heterocycles. The molecule has 1 unspecified atom stereocenters. The Morgan fingerprint density at radius 3 is 2.86 bits per heavy atom. The first-order chi connectivity index (χ1) is 13.5. The van der Waals surface area contributed by atoms with Gasteiger partial charge < -0.3 is 5.32 Å². The number of aromatic nitrogens is 2. The fourth-order valence-corrected chi connectivity index (χ4v) is 4.73. The second-order valence-electron chi connectivity index (χ2n) is 7.41. The fraction of sp³-hybridized carbons (Fsp3) is 0.381. The molecule has 1 aliphatic heterocycles. The second kappa shape index (κ2) is 7.85. The molecule has 6 nitrogen and oxygen atoms in total. The topological polar surface area (TPSA) is 67.2 Å². The summed E-state index contributed by atoms with van der Waals surface area (Å²) >= 11 is 1.52.